The highest BCUT2D eigenvalue weighted by Crippen LogP contribution is 2.42. The van der Waals surface area contributed by atoms with Gasteiger partial charge in [-0.1, -0.05) is 36.0 Å². The molecule has 4 rings (SSSR count). The molecule has 32 heavy (non-hydrogen) atoms. The van der Waals surface area contributed by atoms with Gasteiger partial charge in [-0.2, -0.15) is 13.2 Å². The molecule has 168 valence electrons. The Hall–Kier alpha value is -2.78. The Morgan fingerprint density at radius 2 is 1.94 bits per heavy atom. The van der Waals surface area contributed by atoms with Crippen LogP contribution in [0.5, 0.6) is 0 Å². The van der Waals surface area contributed by atoms with Gasteiger partial charge in [0.25, 0.3) is 5.91 Å². The average Bonchev–Trinajstić information content (AvgIpc) is 3.29. The number of fused-ring (bicyclic) bond motifs is 1. The summed E-state index contributed by atoms with van der Waals surface area (Å²) in [5.41, 5.74) is 0.340. The first-order chi connectivity index (χ1) is 15.3. The molecule has 2 aromatic carbocycles. The summed E-state index contributed by atoms with van der Waals surface area (Å²) < 4.78 is 43.9. The molecule has 1 saturated heterocycles. The van der Waals surface area contributed by atoms with E-state index in [-0.39, 0.29) is 24.5 Å². The molecule has 0 radical (unpaired) electrons. The summed E-state index contributed by atoms with van der Waals surface area (Å²) in [4.78, 5) is 28.2. The minimum Gasteiger partial charge on any atom is -0.376 e. The fourth-order valence-corrected chi connectivity index (χ4v) is 4.63. The van der Waals surface area contributed by atoms with Crippen LogP contribution in [0.3, 0.4) is 0 Å². The van der Waals surface area contributed by atoms with Gasteiger partial charge in [0, 0.05) is 18.0 Å². The number of para-hydroxylation sites is 1. The van der Waals surface area contributed by atoms with Crippen molar-refractivity contribution in [1.82, 2.24) is 5.32 Å². The number of amides is 2. The lowest BCUT2D eigenvalue weighted by atomic mass is 10.1. The number of nitrogens with zero attached hydrogens (tertiary/aromatic N) is 1. The van der Waals surface area contributed by atoms with Crippen molar-refractivity contribution in [2.75, 3.05) is 24.6 Å². The van der Waals surface area contributed by atoms with Crippen LogP contribution < -0.4 is 10.2 Å². The Kier molecular flexibility index (Phi) is 6.57. The third-order valence-electron chi connectivity index (χ3n) is 5.22. The third-order valence-corrected chi connectivity index (χ3v) is 6.30. The van der Waals surface area contributed by atoms with Gasteiger partial charge >= 0.3 is 6.18 Å². The second kappa shape index (κ2) is 9.38. The van der Waals surface area contributed by atoms with E-state index in [1.807, 2.05) is 12.1 Å². The molecule has 1 fully saturated rings. The Balaban J connectivity index is 1.53. The second-order valence-corrected chi connectivity index (χ2v) is 8.61. The minimum atomic E-state index is -4.42. The maximum absolute atomic E-state index is 13.2. The number of carbonyl (C=O) groups excluding carboxylic acids is 2. The molecule has 2 aromatic rings. The van der Waals surface area contributed by atoms with Crippen molar-refractivity contribution in [3.63, 3.8) is 0 Å². The number of nitrogens with one attached hydrogen (secondary N) is 1. The highest BCUT2D eigenvalue weighted by molar-refractivity contribution is 8.04. The lowest BCUT2D eigenvalue weighted by molar-refractivity contribution is -0.137. The molecule has 9 heteroatoms. The van der Waals surface area contributed by atoms with Crippen molar-refractivity contribution in [3.05, 3.63) is 64.6 Å². The van der Waals surface area contributed by atoms with Crippen molar-refractivity contribution < 1.29 is 27.5 Å². The quantitative estimate of drug-likeness (QED) is 0.666. The highest BCUT2D eigenvalue weighted by atomic mass is 32.2. The standard InChI is InChI=1S/C23H21F3N2O3S/c24-23(25,26)16-9-7-15(8-10-16)12-20-22(30)28(18-5-1-2-6-19(18)32-20)14-21(29)27-13-17-4-3-11-31-17/h1-2,5-10,12,17H,3-4,11,13-14H2,(H,27,29). The zero-order valence-corrected chi connectivity index (χ0v) is 17.8. The SMILES string of the molecule is O=C(CN1C(=O)C(=Cc2ccc(C(F)(F)F)cc2)Sc2ccccc21)NCC1CCCO1. The van der Waals surface area contributed by atoms with Crippen LogP contribution in [0.2, 0.25) is 0 Å². The van der Waals surface area contributed by atoms with Crippen LogP contribution in [0.4, 0.5) is 18.9 Å². The lowest BCUT2D eigenvalue weighted by Gasteiger charge is -2.30. The Labute approximate surface area is 187 Å². The van der Waals surface area contributed by atoms with Gasteiger partial charge in [0.2, 0.25) is 5.91 Å². The van der Waals surface area contributed by atoms with Crippen LogP contribution in [0.15, 0.2) is 58.3 Å². The topological polar surface area (TPSA) is 58.6 Å². The molecule has 1 atom stereocenters. The molecule has 5 nitrogen and oxygen atoms in total. The van der Waals surface area contributed by atoms with Crippen molar-refractivity contribution in [3.8, 4) is 0 Å². The first-order valence-electron chi connectivity index (χ1n) is 10.2. The smallest absolute Gasteiger partial charge is 0.376 e. The molecular formula is C23H21F3N2O3S. The maximum Gasteiger partial charge on any atom is 0.416 e. The van der Waals surface area contributed by atoms with Crippen molar-refractivity contribution in [2.45, 2.75) is 30.0 Å². The van der Waals surface area contributed by atoms with Crippen LogP contribution in [-0.2, 0) is 20.5 Å². The number of anilines is 1. The van der Waals surface area contributed by atoms with E-state index in [4.69, 9.17) is 4.74 Å². The Morgan fingerprint density at radius 1 is 1.19 bits per heavy atom. The Bertz CT molecular complexity index is 1030. The molecule has 1 N–H and O–H groups in total. The summed E-state index contributed by atoms with van der Waals surface area (Å²) in [5.74, 6) is -0.676. The molecule has 0 aliphatic carbocycles. The molecule has 2 amide bonds. The van der Waals surface area contributed by atoms with E-state index in [0.29, 0.717) is 29.3 Å². The van der Waals surface area contributed by atoms with E-state index in [1.165, 1.54) is 28.8 Å². The summed E-state index contributed by atoms with van der Waals surface area (Å²) in [6.07, 6.45) is -1.03. The third kappa shape index (κ3) is 5.16. The molecule has 0 aromatic heterocycles. The fraction of sp³-hybridized carbons (Fsp3) is 0.304. The molecule has 0 spiro atoms. The molecule has 2 heterocycles. The van der Waals surface area contributed by atoms with Crippen molar-refractivity contribution in [1.29, 1.82) is 0 Å². The van der Waals surface area contributed by atoms with Gasteiger partial charge in [-0.25, -0.2) is 0 Å². The lowest BCUT2D eigenvalue weighted by Crippen LogP contribution is -2.44. The zero-order valence-electron chi connectivity index (χ0n) is 17.0. The number of ether oxygens (including phenoxy) is 1. The largest absolute Gasteiger partial charge is 0.416 e. The number of rotatable bonds is 5. The number of hydrogen-bond donors (Lipinski definition) is 1. The summed E-state index contributed by atoms with van der Waals surface area (Å²) >= 11 is 1.23. The normalized spacial score (nSPS) is 19.8. The first kappa shape index (κ1) is 22.4. The van der Waals surface area contributed by atoms with Crippen LogP contribution in [0, 0.1) is 0 Å². The van der Waals surface area contributed by atoms with Crippen LogP contribution in [-0.4, -0.2) is 37.6 Å². The number of carbonyl (C=O) groups is 2. The second-order valence-electron chi connectivity index (χ2n) is 7.53. The van der Waals surface area contributed by atoms with Gasteiger partial charge in [-0.05, 0) is 48.7 Å². The van der Waals surface area contributed by atoms with Crippen molar-refractivity contribution >= 4 is 35.3 Å². The van der Waals surface area contributed by atoms with Gasteiger partial charge in [-0.3, -0.25) is 14.5 Å². The van der Waals surface area contributed by atoms with E-state index in [1.54, 1.807) is 18.2 Å². The monoisotopic (exact) mass is 462 g/mol. The zero-order chi connectivity index (χ0) is 22.7. The molecule has 2 aliphatic heterocycles. The maximum atomic E-state index is 13.2. The number of hydrogen-bond acceptors (Lipinski definition) is 4. The molecular weight excluding hydrogens is 441 g/mol. The molecule has 0 saturated carbocycles. The van der Waals surface area contributed by atoms with Crippen LogP contribution in [0.25, 0.3) is 6.08 Å². The summed E-state index contributed by atoms with van der Waals surface area (Å²) in [7, 11) is 0. The highest BCUT2D eigenvalue weighted by Gasteiger charge is 2.32. The predicted octanol–water partition coefficient (Wildman–Crippen LogP) is 4.48. The van der Waals surface area contributed by atoms with E-state index in [2.05, 4.69) is 5.32 Å². The summed E-state index contributed by atoms with van der Waals surface area (Å²) in [6.45, 7) is 0.923. The van der Waals surface area contributed by atoms with Gasteiger partial charge in [0.15, 0.2) is 0 Å². The Morgan fingerprint density at radius 3 is 2.62 bits per heavy atom. The molecule has 0 bridgehead atoms. The van der Waals surface area contributed by atoms with Gasteiger partial charge < -0.3 is 10.1 Å². The van der Waals surface area contributed by atoms with Crippen LogP contribution >= 0.6 is 11.8 Å². The number of benzene rings is 2. The summed E-state index contributed by atoms with van der Waals surface area (Å²) in [5, 5.41) is 2.82. The van der Waals surface area contributed by atoms with Gasteiger partial charge in [0.1, 0.15) is 6.54 Å². The van der Waals surface area contributed by atoms with Crippen molar-refractivity contribution in [2.24, 2.45) is 0 Å². The molecule has 1 unspecified atom stereocenters. The molecule has 2 aliphatic rings. The van der Waals surface area contributed by atoms with Gasteiger partial charge in [-0.15, -0.1) is 0 Å². The number of alkyl halides is 3. The van der Waals surface area contributed by atoms with Gasteiger partial charge in [0.05, 0.1) is 22.3 Å². The fourth-order valence-electron chi connectivity index (χ4n) is 3.57. The first-order valence-corrected chi connectivity index (χ1v) is 11.0. The number of thioether (sulfide) groups is 1. The summed E-state index contributed by atoms with van der Waals surface area (Å²) in [6, 6.07) is 11.8. The van der Waals surface area contributed by atoms with E-state index >= 15 is 0 Å². The van der Waals surface area contributed by atoms with E-state index in [0.717, 1.165) is 29.9 Å². The number of halogens is 3. The van der Waals surface area contributed by atoms with E-state index in [9.17, 15) is 22.8 Å². The predicted molar refractivity (Wildman–Crippen MR) is 116 cm³/mol. The van der Waals surface area contributed by atoms with Crippen LogP contribution in [0.1, 0.15) is 24.0 Å². The minimum absolute atomic E-state index is 0.00558. The average molecular weight is 462 g/mol. The van der Waals surface area contributed by atoms with E-state index < -0.39 is 11.7 Å².